The number of benzene rings is 1. The van der Waals surface area contributed by atoms with Gasteiger partial charge in [-0.1, -0.05) is 31.9 Å². The number of anilines is 1. The highest BCUT2D eigenvalue weighted by Crippen LogP contribution is 2.23. The van der Waals surface area contributed by atoms with E-state index in [0.29, 0.717) is 11.6 Å². The fraction of sp³-hybridized carbons (Fsp3) is 0.500. The summed E-state index contributed by atoms with van der Waals surface area (Å²) in [4.78, 5) is 35.6. The van der Waals surface area contributed by atoms with Crippen molar-refractivity contribution in [2.45, 2.75) is 45.6 Å². The van der Waals surface area contributed by atoms with E-state index in [1.54, 1.807) is 19.1 Å². The zero-order valence-corrected chi connectivity index (χ0v) is 14.6. The van der Waals surface area contributed by atoms with Crippen LogP contribution in [0.25, 0.3) is 0 Å². The summed E-state index contributed by atoms with van der Waals surface area (Å²) in [6, 6.07) is 4.49. The van der Waals surface area contributed by atoms with Crippen LogP contribution in [0.5, 0.6) is 0 Å². The maximum Gasteiger partial charge on any atom is 0.340 e. The molecule has 1 aromatic rings. The zero-order chi connectivity index (χ0) is 18.4. The first-order valence-electron chi connectivity index (χ1n) is 8.51. The SMILES string of the molecule is Cc1cccc(C(=O)OCC(=O)NC(=O)N[C@@H]2CCCC[C@H]2C)c1N. The van der Waals surface area contributed by atoms with Crippen molar-refractivity contribution in [1.82, 2.24) is 10.6 Å². The van der Waals surface area contributed by atoms with Gasteiger partial charge in [0.2, 0.25) is 0 Å². The van der Waals surface area contributed by atoms with Crippen LogP contribution in [0.1, 0.15) is 48.5 Å². The number of nitrogens with two attached hydrogens (primary N) is 1. The highest BCUT2D eigenvalue weighted by Gasteiger charge is 2.23. The molecule has 0 unspecified atom stereocenters. The Bertz CT molecular complexity index is 660. The second-order valence-corrected chi connectivity index (χ2v) is 6.50. The van der Waals surface area contributed by atoms with Crippen LogP contribution in [0.3, 0.4) is 0 Å². The van der Waals surface area contributed by atoms with E-state index in [4.69, 9.17) is 10.5 Å². The Labute approximate surface area is 147 Å². The van der Waals surface area contributed by atoms with E-state index in [1.807, 2.05) is 0 Å². The molecule has 25 heavy (non-hydrogen) atoms. The van der Waals surface area contributed by atoms with Crippen LogP contribution in [-0.2, 0) is 9.53 Å². The van der Waals surface area contributed by atoms with Gasteiger partial charge in [0, 0.05) is 11.7 Å². The van der Waals surface area contributed by atoms with E-state index in [2.05, 4.69) is 17.6 Å². The molecule has 1 aliphatic rings. The largest absolute Gasteiger partial charge is 0.452 e. The monoisotopic (exact) mass is 347 g/mol. The van der Waals surface area contributed by atoms with Crippen LogP contribution in [0.4, 0.5) is 10.5 Å². The molecule has 0 aliphatic heterocycles. The summed E-state index contributed by atoms with van der Waals surface area (Å²) >= 11 is 0. The topological polar surface area (TPSA) is 111 Å². The van der Waals surface area contributed by atoms with Gasteiger partial charge in [-0.05, 0) is 37.3 Å². The minimum Gasteiger partial charge on any atom is -0.452 e. The molecule has 0 spiro atoms. The van der Waals surface area contributed by atoms with Crippen molar-refractivity contribution in [2.24, 2.45) is 5.92 Å². The van der Waals surface area contributed by atoms with Gasteiger partial charge in [0.05, 0.1) is 5.56 Å². The Morgan fingerprint density at radius 3 is 2.68 bits per heavy atom. The summed E-state index contributed by atoms with van der Waals surface area (Å²) in [6.45, 7) is 3.31. The normalized spacial score (nSPS) is 19.8. The van der Waals surface area contributed by atoms with E-state index < -0.39 is 24.5 Å². The predicted octanol–water partition coefficient (Wildman–Crippen LogP) is 2.14. The Kier molecular flexibility index (Phi) is 6.38. The van der Waals surface area contributed by atoms with Crippen molar-refractivity contribution in [2.75, 3.05) is 12.3 Å². The Morgan fingerprint density at radius 2 is 1.96 bits per heavy atom. The molecule has 1 saturated carbocycles. The maximum absolute atomic E-state index is 12.0. The highest BCUT2D eigenvalue weighted by molar-refractivity contribution is 5.99. The first-order chi connectivity index (χ1) is 11.9. The molecule has 2 atom stereocenters. The molecule has 2 rings (SSSR count). The predicted molar refractivity (Wildman–Crippen MR) is 94.0 cm³/mol. The molecule has 0 aromatic heterocycles. The van der Waals surface area contributed by atoms with Gasteiger partial charge < -0.3 is 15.8 Å². The van der Waals surface area contributed by atoms with E-state index in [9.17, 15) is 14.4 Å². The fourth-order valence-corrected chi connectivity index (χ4v) is 2.97. The minimum absolute atomic E-state index is 0.0659. The quantitative estimate of drug-likeness (QED) is 0.571. The summed E-state index contributed by atoms with van der Waals surface area (Å²) < 4.78 is 4.93. The summed E-state index contributed by atoms with van der Waals surface area (Å²) in [5, 5.41) is 4.99. The van der Waals surface area contributed by atoms with Crippen molar-refractivity contribution >= 4 is 23.6 Å². The van der Waals surface area contributed by atoms with E-state index in [1.165, 1.54) is 6.07 Å². The van der Waals surface area contributed by atoms with E-state index in [-0.39, 0.29) is 11.6 Å². The van der Waals surface area contributed by atoms with E-state index in [0.717, 1.165) is 31.2 Å². The van der Waals surface area contributed by atoms with Gasteiger partial charge in [-0.2, -0.15) is 0 Å². The number of nitrogens with one attached hydrogen (secondary N) is 2. The van der Waals surface area contributed by atoms with Crippen molar-refractivity contribution < 1.29 is 19.1 Å². The second-order valence-electron chi connectivity index (χ2n) is 6.50. The number of rotatable bonds is 4. The fourth-order valence-electron chi connectivity index (χ4n) is 2.97. The number of hydrogen-bond donors (Lipinski definition) is 3. The van der Waals surface area contributed by atoms with Crippen molar-refractivity contribution in [1.29, 1.82) is 0 Å². The van der Waals surface area contributed by atoms with Gasteiger partial charge >= 0.3 is 12.0 Å². The third-order valence-electron chi connectivity index (χ3n) is 4.56. The van der Waals surface area contributed by atoms with Crippen molar-refractivity contribution in [3.8, 4) is 0 Å². The minimum atomic E-state index is -0.697. The molecule has 1 aliphatic carbocycles. The Morgan fingerprint density at radius 1 is 1.24 bits per heavy atom. The standard InChI is InChI=1S/C18H25N3O4/c1-11-6-3-4-9-14(11)20-18(24)21-15(22)10-25-17(23)13-8-5-7-12(2)16(13)19/h5,7-8,11,14H,3-4,6,9-10,19H2,1-2H3,(H2,20,21,22,24)/t11-,14-/m1/s1. The van der Waals surface area contributed by atoms with Gasteiger partial charge in [0.25, 0.3) is 5.91 Å². The van der Waals surface area contributed by atoms with Crippen LogP contribution in [0.15, 0.2) is 18.2 Å². The second kappa shape index (κ2) is 8.50. The van der Waals surface area contributed by atoms with Crippen LogP contribution in [0.2, 0.25) is 0 Å². The van der Waals surface area contributed by atoms with Crippen molar-refractivity contribution in [3.05, 3.63) is 29.3 Å². The molecular formula is C18H25N3O4. The number of imide groups is 1. The lowest BCUT2D eigenvalue weighted by molar-refractivity contribution is -0.123. The van der Waals surface area contributed by atoms with E-state index >= 15 is 0 Å². The number of para-hydroxylation sites is 1. The summed E-state index contributed by atoms with van der Waals surface area (Å²) in [5.41, 5.74) is 7.09. The van der Waals surface area contributed by atoms with Gasteiger partial charge in [0.1, 0.15) is 0 Å². The number of carbonyl (C=O) groups excluding carboxylic acids is 3. The molecular weight excluding hydrogens is 322 g/mol. The number of aryl methyl sites for hydroxylation is 1. The summed E-state index contributed by atoms with van der Waals surface area (Å²) in [5.74, 6) is -0.991. The smallest absolute Gasteiger partial charge is 0.340 e. The molecule has 4 N–H and O–H groups in total. The molecule has 7 nitrogen and oxygen atoms in total. The number of esters is 1. The average Bonchev–Trinajstić information content (AvgIpc) is 2.57. The molecule has 136 valence electrons. The van der Waals surface area contributed by atoms with Crippen LogP contribution >= 0.6 is 0 Å². The third-order valence-corrected chi connectivity index (χ3v) is 4.56. The number of carbonyl (C=O) groups is 3. The highest BCUT2D eigenvalue weighted by atomic mass is 16.5. The molecule has 0 heterocycles. The molecule has 1 aromatic carbocycles. The number of nitrogen functional groups attached to an aromatic ring is 1. The van der Waals surface area contributed by atoms with Gasteiger partial charge in [-0.3, -0.25) is 10.1 Å². The molecule has 7 heteroatoms. The van der Waals surface area contributed by atoms with Gasteiger partial charge in [-0.25, -0.2) is 9.59 Å². The molecule has 0 radical (unpaired) electrons. The number of urea groups is 1. The van der Waals surface area contributed by atoms with Crippen LogP contribution in [-0.4, -0.2) is 30.6 Å². The molecule has 1 fully saturated rings. The first-order valence-corrected chi connectivity index (χ1v) is 8.51. The average molecular weight is 347 g/mol. The number of ether oxygens (including phenoxy) is 1. The van der Waals surface area contributed by atoms with Crippen molar-refractivity contribution in [3.63, 3.8) is 0 Å². The van der Waals surface area contributed by atoms with Gasteiger partial charge in [-0.15, -0.1) is 0 Å². The van der Waals surface area contributed by atoms with Gasteiger partial charge in [0.15, 0.2) is 6.61 Å². The lowest BCUT2D eigenvalue weighted by atomic mass is 9.86. The lowest BCUT2D eigenvalue weighted by Crippen LogP contribution is -2.48. The molecule has 0 saturated heterocycles. The molecule has 0 bridgehead atoms. The first kappa shape index (κ1) is 18.8. The lowest BCUT2D eigenvalue weighted by Gasteiger charge is -2.29. The Balaban J connectivity index is 1.79. The van der Waals surface area contributed by atoms with Crippen LogP contribution in [0, 0.1) is 12.8 Å². The number of amides is 3. The Hall–Kier alpha value is -2.57. The zero-order valence-electron chi connectivity index (χ0n) is 14.6. The summed E-state index contributed by atoms with van der Waals surface area (Å²) in [6.07, 6.45) is 4.20. The molecule has 3 amide bonds. The summed E-state index contributed by atoms with van der Waals surface area (Å²) in [7, 11) is 0. The number of hydrogen-bond acceptors (Lipinski definition) is 5. The maximum atomic E-state index is 12.0. The third kappa shape index (κ3) is 5.20. The van der Waals surface area contributed by atoms with Crippen LogP contribution < -0.4 is 16.4 Å².